The third kappa shape index (κ3) is 3.34. The molecule has 3 aromatic rings. The molecule has 0 atom stereocenters. The molecule has 1 amide bonds. The van der Waals surface area contributed by atoms with Crippen LogP contribution in [0.25, 0.3) is 10.2 Å². The molecule has 1 aliphatic heterocycles. The molecule has 4 rings (SSSR count). The predicted molar refractivity (Wildman–Crippen MR) is 104 cm³/mol. The second kappa shape index (κ2) is 7.13. The highest BCUT2D eigenvalue weighted by Crippen LogP contribution is 2.37. The highest BCUT2D eigenvalue weighted by molar-refractivity contribution is 9.10. The minimum absolute atomic E-state index is 0.260. The Morgan fingerprint density at radius 1 is 1.23 bits per heavy atom. The van der Waals surface area contributed by atoms with Crippen molar-refractivity contribution in [2.75, 3.05) is 25.6 Å². The first-order valence-corrected chi connectivity index (χ1v) is 9.60. The predicted octanol–water partition coefficient (Wildman–Crippen LogP) is 4.48. The lowest BCUT2D eigenvalue weighted by Crippen LogP contribution is -2.12. The molecule has 1 N–H and O–H groups in total. The number of rotatable bonds is 3. The van der Waals surface area contributed by atoms with Crippen molar-refractivity contribution in [3.63, 3.8) is 0 Å². The van der Waals surface area contributed by atoms with Gasteiger partial charge in [-0.25, -0.2) is 4.98 Å². The van der Waals surface area contributed by atoms with Crippen LogP contribution in [0.5, 0.6) is 17.2 Å². The molecule has 1 aromatic heterocycles. The molecular weight excluding hydrogens is 420 g/mol. The van der Waals surface area contributed by atoms with Crippen molar-refractivity contribution in [1.29, 1.82) is 0 Å². The normalized spacial score (nSPS) is 13.3. The molecule has 0 aliphatic carbocycles. The topological polar surface area (TPSA) is 69.7 Å². The number of thiazole rings is 1. The number of amides is 1. The van der Waals surface area contributed by atoms with Crippen LogP contribution in [0.1, 0.15) is 16.8 Å². The molecule has 0 bridgehead atoms. The molecule has 26 heavy (non-hydrogen) atoms. The number of benzene rings is 2. The number of anilines is 1. The first kappa shape index (κ1) is 17.1. The van der Waals surface area contributed by atoms with Gasteiger partial charge in [0.25, 0.3) is 5.91 Å². The number of aromatic nitrogens is 1. The lowest BCUT2D eigenvalue weighted by atomic mass is 10.2. The van der Waals surface area contributed by atoms with Gasteiger partial charge in [-0.05, 0) is 34.1 Å². The van der Waals surface area contributed by atoms with E-state index in [1.165, 1.54) is 11.3 Å². The fourth-order valence-electron chi connectivity index (χ4n) is 2.61. The van der Waals surface area contributed by atoms with Gasteiger partial charge in [0.15, 0.2) is 16.6 Å². The molecule has 134 valence electrons. The average Bonchev–Trinajstić information content (AvgIpc) is 2.87. The zero-order chi connectivity index (χ0) is 18.1. The van der Waals surface area contributed by atoms with Crippen molar-refractivity contribution in [2.45, 2.75) is 6.42 Å². The van der Waals surface area contributed by atoms with Gasteiger partial charge in [0.1, 0.15) is 5.75 Å². The number of methoxy groups -OCH3 is 1. The Hall–Kier alpha value is -2.32. The fraction of sp³-hybridized carbons (Fsp3) is 0.222. The number of halogens is 1. The molecule has 0 unspecified atom stereocenters. The lowest BCUT2D eigenvalue weighted by Gasteiger charge is -2.06. The van der Waals surface area contributed by atoms with Gasteiger partial charge < -0.3 is 14.2 Å². The van der Waals surface area contributed by atoms with Gasteiger partial charge in [0.05, 0.1) is 36.1 Å². The average molecular weight is 435 g/mol. The summed E-state index contributed by atoms with van der Waals surface area (Å²) in [5, 5.41) is 3.36. The summed E-state index contributed by atoms with van der Waals surface area (Å²) in [4.78, 5) is 17.1. The lowest BCUT2D eigenvalue weighted by molar-refractivity contribution is 0.102. The smallest absolute Gasteiger partial charge is 0.258 e. The maximum atomic E-state index is 12.6. The van der Waals surface area contributed by atoms with E-state index in [9.17, 15) is 4.79 Å². The number of hydrogen-bond donors (Lipinski definition) is 1. The molecule has 1 aliphatic rings. The van der Waals surface area contributed by atoms with E-state index in [0.717, 1.165) is 16.6 Å². The third-order valence-corrected chi connectivity index (χ3v) is 5.52. The van der Waals surface area contributed by atoms with E-state index in [1.807, 2.05) is 12.1 Å². The Labute approximate surface area is 162 Å². The summed E-state index contributed by atoms with van der Waals surface area (Å²) >= 11 is 4.78. The maximum Gasteiger partial charge on any atom is 0.258 e. The van der Waals surface area contributed by atoms with Crippen molar-refractivity contribution < 1.29 is 19.0 Å². The van der Waals surface area contributed by atoms with E-state index in [1.54, 1.807) is 25.3 Å². The molecule has 0 fully saturated rings. The zero-order valence-electron chi connectivity index (χ0n) is 13.9. The number of carbonyl (C=O) groups excluding carboxylic acids is 1. The number of hydrogen-bond acceptors (Lipinski definition) is 6. The summed E-state index contributed by atoms with van der Waals surface area (Å²) in [5.74, 6) is 1.75. The Balaban J connectivity index is 1.62. The van der Waals surface area contributed by atoms with Crippen LogP contribution in [0.3, 0.4) is 0 Å². The van der Waals surface area contributed by atoms with Crippen LogP contribution in [0.2, 0.25) is 0 Å². The van der Waals surface area contributed by atoms with Gasteiger partial charge >= 0.3 is 0 Å². The van der Waals surface area contributed by atoms with Crippen molar-refractivity contribution in [3.05, 3.63) is 40.4 Å². The van der Waals surface area contributed by atoms with Crippen molar-refractivity contribution in [2.24, 2.45) is 0 Å². The van der Waals surface area contributed by atoms with E-state index >= 15 is 0 Å². The van der Waals surface area contributed by atoms with Gasteiger partial charge in [0, 0.05) is 23.0 Å². The standard InChI is InChI=1S/C18H15BrN2O4S/c1-23-10-3-4-12(19)11(7-10)17(22)21-18-20-13-8-14-15(9-16(13)26-18)25-6-2-5-24-14/h3-4,7-9H,2,5-6H2,1H3,(H,20,21,22). The maximum absolute atomic E-state index is 12.6. The summed E-state index contributed by atoms with van der Waals surface area (Å²) in [5.41, 5.74) is 1.24. The number of nitrogens with zero attached hydrogens (tertiary/aromatic N) is 1. The van der Waals surface area contributed by atoms with E-state index < -0.39 is 0 Å². The number of fused-ring (bicyclic) bond motifs is 2. The zero-order valence-corrected chi connectivity index (χ0v) is 16.3. The second-order valence-electron chi connectivity index (χ2n) is 5.64. The first-order valence-electron chi connectivity index (χ1n) is 7.99. The van der Waals surface area contributed by atoms with Crippen LogP contribution in [-0.4, -0.2) is 31.2 Å². The van der Waals surface area contributed by atoms with Gasteiger partial charge in [-0.15, -0.1) is 0 Å². The quantitative estimate of drug-likeness (QED) is 0.657. The second-order valence-corrected chi connectivity index (χ2v) is 7.52. The number of carbonyl (C=O) groups is 1. The first-order chi connectivity index (χ1) is 12.6. The van der Waals surface area contributed by atoms with Crippen LogP contribution in [0.15, 0.2) is 34.8 Å². The van der Waals surface area contributed by atoms with Crippen molar-refractivity contribution in [3.8, 4) is 17.2 Å². The minimum atomic E-state index is -0.260. The number of nitrogens with one attached hydrogen (secondary N) is 1. The van der Waals surface area contributed by atoms with Crippen LogP contribution in [0, 0.1) is 0 Å². The van der Waals surface area contributed by atoms with Gasteiger partial charge in [-0.3, -0.25) is 10.1 Å². The van der Waals surface area contributed by atoms with Crippen LogP contribution in [-0.2, 0) is 0 Å². The monoisotopic (exact) mass is 434 g/mol. The van der Waals surface area contributed by atoms with Gasteiger partial charge in [0.2, 0.25) is 0 Å². The molecule has 0 saturated heterocycles. The van der Waals surface area contributed by atoms with Crippen LogP contribution >= 0.6 is 27.3 Å². The summed E-state index contributed by atoms with van der Waals surface area (Å²) in [6.07, 6.45) is 0.854. The van der Waals surface area contributed by atoms with Gasteiger partial charge in [-0.1, -0.05) is 11.3 Å². The Kier molecular flexibility index (Phi) is 4.69. The Morgan fingerprint density at radius 3 is 2.77 bits per heavy atom. The molecule has 2 heterocycles. The summed E-state index contributed by atoms with van der Waals surface area (Å²) < 4.78 is 18.2. The molecule has 6 nitrogen and oxygen atoms in total. The van der Waals surface area contributed by atoms with E-state index in [2.05, 4.69) is 26.2 Å². The van der Waals surface area contributed by atoms with Crippen molar-refractivity contribution in [1.82, 2.24) is 4.98 Å². The van der Waals surface area contributed by atoms with Crippen LogP contribution in [0.4, 0.5) is 5.13 Å². The Morgan fingerprint density at radius 2 is 2.00 bits per heavy atom. The SMILES string of the molecule is COc1ccc(Br)c(C(=O)Nc2nc3cc4c(cc3s2)OCCCO4)c1. The molecule has 0 radical (unpaired) electrons. The molecule has 0 spiro atoms. The molecule has 8 heteroatoms. The molecule has 2 aromatic carbocycles. The summed E-state index contributed by atoms with van der Waals surface area (Å²) in [6, 6.07) is 8.99. The van der Waals surface area contributed by atoms with E-state index in [-0.39, 0.29) is 5.91 Å². The van der Waals surface area contributed by atoms with E-state index in [4.69, 9.17) is 14.2 Å². The van der Waals surface area contributed by atoms with Crippen molar-refractivity contribution >= 4 is 48.5 Å². The largest absolute Gasteiger partial charge is 0.497 e. The Bertz CT molecular complexity index is 946. The molecular formula is C18H15BrN2O4S. The minimum Gasteiger partial charge on any atom is -0.497 e. The fourth-order valence-corrected chi connectivity index (χ4v) is 3.91. The molecule has 0 saturated carbocycles. The highest BCUT2D eigenvalue weighted by atomic mass is 79.9. The highest BCUT2D eigenvalue weighted by Gasteiger charge is 2.17. The van der Waals surface area contributed by atoms with Gasteiger partial charge in [-0.2, -0.15) is 0 Å². The van der Waals surface area contributed by atoms with Crippen LogP contribution < -0.4 is 19.5 Å². The number of ether oxygens (including phenoxy) is 3. The summed E-state index contributed by atoms with van der Waals surface area (Å²) in [7, 11) is 1.56. The third-order valence-electron chi connectivity index (χ3n) is 3.90. The van der Waals surface area contributed by atoms with E-state index in [0.29, 0.717) is 45.6 Å². The summed E-state index contributed by atoms with van der Waals surface area (Å²) in [6.45, 7) is 1.25.